The number of carbonyl (C=O) groups is 2. The minimum atomic E-state index is -0.654. The van der Waals surface area contributed by atoms with E-state index in [9.17, 15) is 9.59 Å². The van der Waals surface area contributed by atoms with Crippen molar-refractivity contribution in [2.45, 2.75) is 277 Å². The first-order valence-corrected chi connectivity index (χ1v) is 24.3. The first-order valence-electron chi connectivity index (χ1n) is 24.3. The molecule has 0 unspecified atom stereocenters. The number of ether oxygens (including phenoxy) is 1. The second-order valence-corrected chi connectivity index (χ2v) is 16.6. The van der Waals surface area contributed by atoms with E-state index in [1.54, 1.807) is 0 Å². The minimum absolute atomic E-state index is 0.00255. The highest BCUT2D eigenvalue weighted by atomic mass is 16.5. The van der Waals surface area contributed by atoms with Gasteiger partial charge in [-0.25, -0.2) is 0 Å². The van der Waals surface area contributed by atoms with Gasteiger partial charge in [-0.15, -0.1) is 0 Å². The molecule has 0 aromatic heterocycles. The molecule has 0 radical (unpaired) electrons. The zero-order valence-electron chi connectivity index (χ0n) is 36.4. The lowest BCUT2D eigenvalue weighted by Crippen LogP contribution is -2.05. The zero-order chi connectivity index (χ0) is 39.1. The van der Waals surface area contributed by atoms with Gasteiger partial charge in [0.2, 0.25) is 0 Å². The van der Waals surface area contributed by atoms with Crippen LogP contribution in [0.1, 0.15) is 277 Å². The number of carboxylic acids is 1. The Morgan fingerprint density at radius 1 is 0.352 bits per heavy atom. The number of rotatable bonds is 46. The Bertz CT molecular complexity index is 802. The molecule has 4 nitrogen and oxygen atoms in total. The quantitative estimate of drug-likeness (QED) is 0.0381. The van der Waals surface area contributed by atoms with Gasteiger partial charge in [0, 0.05) is 12.8 Å². The molecule has 0 heterocycles. The van der Waals surface area contributed by atoms with Gasteiger partial charge in [0.05, 0.1) is 6.61 Å². The maximum Gasteiger partial charge on any atom is 0.305 e. The van der Waals surface area contributed by atoms with Crippen LogP contribution in [-0.4, -0.2) is 23.7 Å². The number of carbonyl (C=O) groups excluding carboxylic acids is 1. The van der Waals surface area contributed by atoms with Crippen molar-refractivity contribution in [1.29, 1.82) is 0 Å². The van der Waals surface area contributed by atoms with E-state index in [1.807, 2.05) is 0 Å². The van der Waals surface area contributed by atoms with Crippen LogP contribution in [0, 0.1) is 0 Å². The molecule has 0 aromatic rings. The van der Waals surface area contributed by atoms with E-state index in [0.717, 1.165) is 38.5 Å². The lowest BCUT2D eigenvalue weighted by molar-refractivity contribution is -0.144. The van der Waals surface area contributed by atoms with Gasteiger partial charge in [0.25, 0.3) is 0 Å². The number of allylic oxidation sites excluding steroid dienone is 4. The molecule has 0 aliphatic rings. The largest absolute Gasteiger partial charge is 0.481 e. The van der Waals surface area contributed by atoms with Crippen LogP contribution in [0.15, 0.2) is 24.3 Å². The molecule has 0 saturated carbocycles. The molecule has 1 N–H and O–H groups in total. The Balaban J connectivity index is 3.20. The van der Waals surface area contributed by atoms with Crippen LogP contribution in [0.2, 0.25) is 0 Å². The van der Waals surface area contributed by atoms with E-state index < -0.39 is 5.97 Å². The molecule has 0 aliphatic heterocycles. The number of hydrogen-bond donors (Lipinski definition) is 1. The van der Waals surface area contributed by atoms with Crippen LogP contribution in [0.3, 0.4) is 0 Å². The third-order valence-electron chi connectivity index (χ3n) is 11.1. The summed E-state index contributed by atoms with van der Waals surface area (Å²) in [7, 11) is 0. The molecule has 0 amide bonds. The van der Waals surface area contributed by atoms with Crippen LogP contribution < -0.4 is 0 Å². The fraction of sp³-hybridized carbons (Fsp3) is 0.880. The monoisotopic (exact) mass is 759 g/mol. The lowest BCUT2D eigenvalue weighted by atomic mass is 10.0. The standard InChI is InChI=1S/C50H94O4/c1-2-3-4-5-6-7-8-9-25-29-32-35-38-41-44-47-50(53)54-48-45-42-39-36-33-30-27-24-22-20-18-16-14-12-10-11-13-15-17-19-21-23-26-28-31-34-37-40-43-46-49(51)52/h9,25,27,30H,2-8,10-24,26,28-29,31-48H2,1H3,(H,51,52)/b25-9-,30-27-. The highest BCUT2D eigenvalue weighted by Crippen LogP contribution is 2.16. The highest BCUT2D eigenvalue weighted by Gasteiger charge is 2.03. The minimum Gasteiger partial charge on any atom is -0.481 e. The molecule has 318 valence electrons. The molecule has 0 saturated heterocycles. The van der Waals surface area contributed by atoms with E-state index >= 15 is 0 Å². The van der Waals surface area contributed by atoms with E-state index in [1.165, 1.54) is 218 Å². The Morgan fingerprint density at radius 3 is 0.926 bits per heavy atom. The number of hydrogen-bond acceptors (Lipinski definition) is 3. The summed E-state index contributed by atoms with van der Waals surface area (Å²) in [6.45, 7) is 2.88. The van der Waals surface area contributed by atoms with Crippen molar-refractivity contribution in [3.8, 4) is 0 Å². The van der Waals surface area contributed by atoms with E-state index in [4.69, 9.17) is 9.84 Å². The fourth-order valence-corrected chi connectivity index (χ4v) is 7.45. The number of carboxylic acid groups (broad SMARTS) is 1. The average molecular weight is 759 g/mol. The summed E-state index contributed by atoms with van der Waals surface area (Å²) in [5, 5.41) is 8.66. The fourth-order valence-electron chi connectivity index (χ4n) is 7.45. The van der Waals surface area contributed by atoms with Gasteiger partial charge in [0.1, 0.15) is 0 Å². The molecule has 0 atom stereocenters. The predicted octanol–water partition coefficient (Wildman–Crippen LogP) is 17.1. The molecular weight excluding hydrogens is 665 g/mol. The summed E-state index contributed by atoms with van der Waals surface area (Å²) in [4.78, 5) is 22.5. The molecule has 0 aliphatic carbocycles. The predicted molar refractivity (Wildman–Crippen MR) is 236 cm³/mol. The third-order valence-corrected chi connectivity index (χ3v) is 11.1. The van der Waals surface area contributed by atoms with Crippen molar-refractivity contribution in [1.82, 2.24) is 0 Å². The van der Waals surface area contributed by atoms with Crippen LogP contribution in [0.25, 0.3) is 0 Å². The molecular formula is C50H94O4. The zero-order valence-corrected chi connectivity index (χ0v) is 36.4. The van der Waals surface area contributed by atoms with Gasteiger partial charge < -0.3 is 9.84 Å². The number of esters is 1. The van der Waals surface area contributed by atoms with E-state index in [2.05, 4.69) is 31.2 Å². The van der Waals surface area contributed by atoms with Crippen LogP contribution >= 0.6 is 0 Å². The Hall–Kier alpha value is -1.58. The smallest absolute Gasteiger partial charge is 0.305 e. The molecule has 0 fully saturated rings. The maximum atomic E-state index is 12.0. The van der Waals surface area contributed by atoms with Gasteiger partial charge in [-0.3, -0.25) is 9.59 Å². The second-order valence-electron chi connectivity index (χ2n) is 16.6. The first-order chi connectivity index (χ1) is 26.7. The third kappa shape index (κ3) is 48.4. The van der Waals surface area contributed by atoms with Crippen molar-refractivity contribution < 1.29 is 19.4 Å². The normalized spacial score (nSPS) is 11.7. The summed E-state index contributed by atoms with van der Waals surface area (Å²) in [6, 6.07) is 0. The van der Waals surface area contributed by atoms with Crippen molar-refractivity contribution in [3.63, 3.8) is 0 Å². The van der Waals surface area contributed by atoms with Gasteiger partial charge in [-0.1, -0.05) is 217 Å². The summed E-state index contributed by atoms with van der Waals surface area (Å²) in [5.41, 5.74) is 0. The molecule has 0 rings (SSSR count). The van der Waals surface area contributed by atoms with E-state index in [-0.39, 0.29) is 5.97 Å². The average Bonchev–Trinajstić information content (AvgIpc) is 3.16. The summed E-state index contributed by atoms with van der Waals surface area (Å²) in [5.74, 6) is -0.652. The maximum absolute atomic E-state index is 12.0. The van der Waals surface area contributed by atoms with Gasteiger partial charge in [-0.2, -0.15) is 0 Å². The number of aliphatic carboxylic acids is 1. The number of unbranched alkanes of at least 4 members (excludes halogenated alkanes) is 36. The van der Waals surface area contributed by atoms with Crippen molar-refractivity contribution in [2.75, 3.05) is 6.61 Å². The van der Waals surface area contributed by atoms with Crippen LogP contribution in [-0.2, 0) is 14.3 Å². The highest BCUT2D eigenvalue weighted by molar-refractivity contribution is 5.69. The van der Waals surface area contributed by atoms with Gasteiger partial charge >= 0.3 is 11.9 Å². The summed E-state index contributed by atoms with van der Waals surface area (Å²) in [6.07, 6.45) is 62.5. The second kappa shape index (κ2) is 47.6. The van der Waals surface area contributed by atoms with Crippen molar-refractivity contribution in [2.24, 2.45) is 0 Å². The van der Waals surface area contributed by atoms with Crippen LogP contribution in [0.5, 0.6) is 0 Å². The van der Waals surface area contributed by atoms with Crippen molar-refractivity contribution >= 4 is 11.9 Å². The van der Waals surface area contributed by atoms with Crippen molar-refractivity contribution in [3.05, 3.63) is 24.3 Å². The molecule has 54 heavy (non-hydrogen) atoms. The Morgan fingerprint density at radius 2 is 0.611 bits per heavy atom. The topological polar surface area (TPSA) is 63.6 Å². The molecule has 0 aromatic carbocycles. The Kier molecular flexibility index (Phi) is 46.2. The van der Waals surface area contributed by atoms with Gasteiger partial charge in [-0.05, 0) is 70.6 Å². The molecule has 0 bridgehead atoms. The molecule has 4 heteroatoms. The van der Waals surface area contributed by atoms with Gasteiger partial charge in [0.15, 0.2) is 0 Å². The summed E-state index contributed by atoms with van der Waals surface area (Å²) >= 11 is 0. The van der Waals surface area contributed by atoms with E-state index in [0.29, 0.717) is 19.4 Å². The SMILES string of the molecule is CCCCCCCC/C=C\CCCCCCCC(=O)OCCCCCC/C=C\CCCCCCCCCCCCCCCCCCCCCCCC(=O)O. The van der Waals surface area contributed by atoms with Crippen LogP contribution in [0.4, 0.5) is 0 Å². The lowest BCUT2D eigenvalue weighted by Gasteiger charge is -2.05. The molecule has 0 spiro atoms. The first kappa shape index (κ1) is 52.4. The summed E-state index contributed by atoms with van der Waals surface area (Å²) < 4.78 is 5.46. The Labute approximate surface area is 337 Å².